The van der Waals surface area contributed by atoms with Gasteiger partial charge in [0.1, 0.15) is 17.3 Å². The molecule has 1 aliphatic rings. The number of rotatable bonds is 5. The van der Waals surface area contributed by atoms with Crippen molar-refractivity contribution in [2.75, 3.05) is 48.8 Å². The highest BCUT2D eigenvalue weighted by molar-refractivity contribution is 6.31. The number of benzene rings is 1. The largest absolute Gasteiger partial charge is 0.354 e. The number of nitrogens with one attached hydrogen (secondary N) is 2. The van der Waals surface area contributed by atoms with Crippen molar-refractivity contribution in [3.63, 3.8) is 0 Å². The van der Waals surface area contributed by atoms with Crippen LogP contribution in [0.1, 0.15) is 27.3 Å². The van der Waals surface area contributed by atoms with Gasteiger partial charge in [0.25, 0.3) is 11.8 Å². The van der Waals surface area contributed by atoms with Gasteiger partial charge in [0.15, 0.2) is 0 Å². The van der Waals surface area contributed by atoms with Gasteiger partial charge in [-0.05, 0) is 50.3 Å². The Morgan fingerprint density at radius 2 is 1.68 bits per heavy atom. The van der Waals surface area contributed by atoms with Gasteiger partial charge in [-0.25, -0.2) is 15.0 Å². The van der Waals surface area contributed by atoms with Crippen LogP contribution in [0.2, 0.25) is 10.0 Å². The summed E-state index contributed by atoms with van der Waals surface area (Å²) in [6.07, 6.45) is 5.49. The topological polar surface area (TPSA) is 103 Å². The smallest absolute Gasteiger partial charge is 0.275 e. The van der Waals surface area contributed by atoms with Crippen molar-refractivity contribution in [2.24, 2.45) is 0 Å². The third-order valence-corrected chi connectivity index (χ3v) is 5.82. The van der Waals surface area contributed by atoms with Gasteiger partial charge in [-0.2, -0.15) is 0 Å². The lowest BCUT2D eigenvalue weighted by Crippen LogP contribution is -2.29. The van der Waals surface area contributed by atoms with Gasteiger partial charge in [-0.15, -0.1) is 0 Å². The SMILES string of the molecule is CN1CCCN(c2cnc(C(=O)Nc3ccc(Cl)cc3C(=O)Nc3ccc(Cl)cn3)cn2)CC1. The molecule has 1 saturated heterocycles. The molecule has 0 unspecified atom stereocenters. The van der Waals surface area contributed by atoms with Crippen LogP contribution in [0.3, 0.4) is 0 Å². The molecule has 0 spiro atoms. The Balaban J connectivity index is 1.47. The summed E-state index contributed by atoms with van der Waals surface area (Å²) in [5.74, 6) is 0.0671. The minimum atomic E-state index is -0.490. The minimum Gasteiger partial charge on any atom is -0.354 e. The molecule has 1 fully saturated rings. The normalized spacial score (nSPS) is 14.4. The van der Waals surface area contributed by atoms with Crippen LogP contribution in [-0.4, -0.2) is 64.9 Å². The lowest BCUT2D eigenvalue weighted by molar-refractivity contribution is 0.102. The fraction of sp³-hybridized carbons (Fsp3) is 0.261. The number of pyridine rings is 1. The number of nitrogens with zero attached hydrogens (tertiary/aromatic N) is 5. The van der Waals surface area contributed by atoms with E-state index >= 15 is 0 Å². The summed E-state index contributed by atoms with van der Waals surface area (Å²) in [4.78, 5) is 42.9. The number of hydrogen-bond acceptors (Lipinski definition) is 7. The zero-order valence-electron chi connectivity index (χ0n) is 18.5. The summed E-state index contributed by atoms with van der Waals surface area (Å²) in [5.41, 5.74) is 0.592. The van der Waals surface area contributed by atoms with E-state index in [4.69, 9.17) is 23.2 Å². The van der Waals surface area contributed by atoms with E-state index in [1.165, 1.54) is 18.5 Å². The lowest BCUT2D eigenvalue weighted by atomic mass is 10.1. The number of carbonyl (C=O) groups is 2. The first-order valence-corrected chi connectivity index (χ1v) is 11.4. The Morgan fingerprint density at radius 1 is 0.853 bits per heavy atom. The highest BCUT2D eigenvalue weighted by Crippen LogP contribution is 2.23. The van der Waals surface area contributed by atoms with Crippen molar-refractivity contribution < 1.29 is 9.59 Å². The zero-order chi connectivity index (χ0) is 24.1. The summed E-state index contributed by atoms with van der Waals surface area (Å²) in [7, 11) is 2.10. The van der Waals surface area contributed by atoms with Crippen LogP contribution in [0.15, 0.2) is 48.9 Å². The van der Waals surface area contributed by atoms with E-state index in [1.807, 2.05) is 0 Å². The maximum Gasteiger partial charge on any atom is 0.275 e. The second kappa shape index (κ2) is 10.8. The summed E-state index contributed by atoms with van der Waals surface area (Å²) >= 11 is 11.9. The van der Waals surface area contributed by atoms with E-state index in [2.05, 4.69) is 42.4 Å². The fourth-order valence-corrected chi connectivity index (χ4v) is 3.79. The molecule has 3 heterocycles. The summed E-state index contributed by atoms with van der Waals surface area (Å²) in [5, 5.41) is 6.18. The van der Waals surface area contributed by atoms with Gasteiger partial charge < -0.3 is 20.4 Å². The van der Waals surface area contributed by atoms with E-state index in [0.29, 0.717) is 15.9 Å². The number of hydrogen-bond donors (Lipinski definition) is 2. The number of aromatic nitrogens is 3. The van der Waals surface area contributed by atoms with E-state index in [1.54, 1.807) is 30.5 Å². The van der Waals surface area contributed by atoms with Crippen LogP contribution in [0.5, 0.6) is 0 Å². The van der Waals surface area contributed by atoms with Crippen molar-refractivity contribution in [1.29, 1.82) is 0 Å². The Labute approximate surface area is 207 Å². The first-order valence-electron chi connectivity index (χ1n) is 10.7. The van der Waals surface area contributed by atoms with E-state index in [9.17, 15) is 9.59 Å². The first kappa shape index (κ1) is 23.9. The zero-order valence-corrected chi connectivity index (χ0v) is 20.0. The number of carbonyl (C=O) groups excluding carboxylic acids is 2. The molecule has 9 nitrogen and oxygen atoms in total. The van der Waals surface area contributed by atoms with Crippen LogP contribution >= 0.6 is 23.2 Å². The quantitative estimate of drug-likeness (QED) is 0.549. The van der Waals surface area contributed by atoms with Crippen molar-refractivity contribution in [3.8, 4) is 0 Å². The average Bonchev–Trinajstić information content (AvgIpc) is 3.06. The number of likely N-dealkylation sites (N-methyl/N-ethyl adjacent to an activating group) is 1. The summed E-state index contributed by atoms with van der Waals surface area (Å²) < 4.78 is 0. The summed E-state index contributed by atoms with van der Waals surface area (Å²) in [6, 6.07) is 7.78. The molecular weight excluding hydrogens is 477 g/mol. The van der Waals surface area contributed by atoms with Crippen molar-refractivity contribution in [2.45, 2.75) is 6.42 Å². The Bertz CT molecular complexity index is 1170. The number of anilines is 3. The highest BCUT2D eigenvalue weighted by atomic mass is 35.5. The molecule has 2 aromatic heterocycles. The Morgan fingerprint density at radius 3 is 2.41 bits per heavy atom. The average molecular weight is 500 g/mol. The van der Waals surface area contributed by atoms with E-state index in [0.717, 1.165) is 38.4 Å². The number of halogens is 2. The molecule has 2 N–H and O–H groups in total. The van der Waals surface area contributed by atoms with Gasteiger partial charge in [0.2, 0.25) is 0 Å². The molecule has 0 saturated carbocycles. The monoisotopic (exact) mass is 499 g/mol. The molecule has 3 aromatic rings. The second-order valence-corrected chi connectivity index (χ2v) is 8.74. The van der Waals surface area contributed by atoms with Crippen molar-refractivity contribution in [1.82, 2.24) is 19.9 Å². The maximum atomic E-state index is 12.8. The standard InChI is InChI=1S/C23H23Cl2N7O2/c1-31-7-2-8-32(10-9-31)21-14-26-19(13-28-21)23(34)29-18-5-3-15(24)11-17(18)22(33)30-20-6-4-16(25)12-27-20/h3-6,11-14H,2,7-10H2,1H3,(H,29,34)(H,27,30,33). The van der Waals surface area contributed by atoms with Gasteiger partial charge in [-0.3, -0.25) is 9.59 Å². The van der Waals surface area contributed by atoms with E-state index in [-0.39, 0.29) is 16.9 Å². The molecule has 1 aliphatic heterocycles. The van der Waals surface area contributed by atoms with Crippen molar-refractivity contribution in [3.05, 3.63) is 70.2 Å². The van der Waals surface area contributed by atoms with E-state index < -0.39 is 11.8 Å². The fourth-order valence-electron chi connectivity index (χ4n) is 3.51. The van der Waals surface area contributed by atoms with Gasteiger partial charge in [0, 0.05) is 30.9 Å². The molecule has 176 valence electrons. The second-order valence-electron chi connectivity index (χ2n) is 7.86. The summed E-state index contributed by atoms with van der Waals surface area (Å²) in [6.45, 7) is 3.71. The van der Waals surface area contributed by atoms with Gasteiger partial charge >= 0.3 is 0 Å². The molecule has 0 aliphatic carbocycles. The third kappa shape index (κ3) is 5.99. The Hall–Kier alpha value is -3.27. The predicted octanol–water partition coefficient (Wildman–Crippen LogP) is 3.82. The van der Waals surface area contributed by atoms with Crippen molar-refractivity contribution >= 4 is 52.3 Å². The maximum absolute atomic E-state index is 12.8. The predicted molar refractivity (Wildman–Crippen MR) is 133 cm³/mol. The lowest BCUT2D eigenvalue weighted by Gasteiger charge is -2.21. The third-order valence-electron chi connectivity index (χ3n) is 5.36. The van der Waals surface area contributed by atoms with Crippen LogP contribution in [0.25, 0.3) is 0 Å². The first-order chi connectivity index (χ1) is 16.4. The van der Waals surface area contributed by atoms with Crippen LogP contribution in [-0.2, 0) is 0 Å². The molecule has 0 bridgehead atoms. The molecule has 1 aromatic carbocycles. The molecule has 0 atom stereocenters. The molecule has 2 amide bonds. The minimum absolute atomic E-state index is 0.136. The van der Waals surface area contributed by atoms with Crippen LogP contribution in [0, 0.1) is 0 Å². The van der Waals surface area contributed by atoms with Crippen LogP contribution in [0.4, 0.5) is 17.3 Å². The highest BCUT2D eigenvalue weighted by Gasteiger charge is 2.18. The van der Waals surface area contributed by atoms with Crippen LogP contribution < -0.4 is 15.5 Å². The Kier molecular flexibility index (Phi) is 7.56. The molecular formula is C23H23Cl2N7O2. The van der Waals surface area contributed by atoms with Gasteiger partial charge in [-0.1, -0.05) is 23.2 Å². The number of amides is 2. The molecule has 34 heavy (non-hydrogen) atoms. The van der Waals surface area contributed by atoms with Gasteiger partial charge in [0.05, 0.1) is 28.7 Å². The molecule has 0 radical (unpaired) electrons. The molecule has 4 rings (SSSR count). The molecule has 11 heteroatoms.